The Morgan fingerprint density at radius 2 is 0.722 bits per heavy atom. The van der Waals surface area contributed by atoms with Crippen LogP contribution in [0.2, 0.25) is 0 Å². The fourth-order valence-electron chi connectivity index (χ4n) is 1.25. The molecule has 1 aromatic carbocycles. The van der Waals surface area contributed by atoms with Gasteiger partial charge in [0, 0.05) is 22.3 Å². The molecule has 0 aromatic heterocycles. The molecule has 94 valence electrons. The average Bonchev–Trinajstić information content (AvgIpc) is 2.26. The number of benzene rings is 1. The van der Waals surface area contributed by atoms with Crippen molar-refractivity contribution >= 4 is 82.5 Å². The minimum atomic E-state index is -0.561. The molecule has 0 N–H and O–H groups in total. The van der Waals surface area contributed by atoms with Gasteiger partial charge in [0.1, 0.15) is 0 Å². The van der Waals surface area contributed by atoms with Crippen molar-refractivity contribution < 1.29 is 19.2 Å². The van der Waals surface area contributed by atoms with Crippen molar-refractivity contribution in [1.29, 1.82) is 0 Å². The smallest absolute Gasteiger partial charge is 0.228 e. The molecule has 0 heterocycles. The minimum absolute atomic E-state index is 0.00262. The summed E-state index contributed by atoms with van der Waals surface area (Å²) in [7, 11) is 0. The third-order valence-corrected chi connectivity index (χ3v) is 3.71. The van der Waals surface area contributed by atoms with Crippen LogP contribution in [0.5, 0.6) is 0 Å². The van der Waals surface area contributed by atoms with Crippen LogP contribution < -0.4 is 0 Å². The topological polar surface area (TPSA) is 68.3 Å². The van der Waals surface area contributed by atoms with Crippen LogP contribution in [-0.4, -0.2) is 18.8 Å². The molecule has 0 fully saturated rings. The second-order valence-electron chi connectivity index (χ2n) is 3.04. The summed E-state index contributed by atoms with van der Waals surface area (Å²) in [6, 6.07) is 2.36. The lowest BCUT2D eigenvalue weighted by Gasteiger charge is -2.07. The van der Waals surface area contributed by atoms with Gasteiger partial charge in [0.15, 0.2) is 0 Å². The standard InChI is InChI=1S/C10H2Br4O4/c11-7(15)3-1-4(8(12)16)6(10(14)18)2-5(3)9(13)17/h1-2H. The molecule has 0 bridgehead atoms. The Morgan fingerprint density at radius 1 is 0.556 bits per heavy atom. The molecule has 8 heteroatoms. The average molecular weight is 506 g/mol. The van der Waals surface area contributed by atoms with Gasteiger partial charge in [0.05, 0.1) is 0 Å². The molecule has 1 rings (SSSR count). The normalized spacial score (nSPS) is 10.0. The van der Waals surface area contributed by atoms with Crippen molar-refractivity contribution in [3.63, 3.8) is 0 Å². The van der Waals surface area contributed by atoms with Gasteiger partial charge < -0.3 is 0 Å². The Hall–Kier alpha value is -0.180. The van der Waals surface area contributed by atoms with Gasteiger partial charge in [-0.2, -0.15) is 0 Å². The Kier molecular flexibility index (Phi) is 5.57. The highest BCUT2D eigenvalue weighted by Gasteiger charge is 2.22. The molecule has 18 heavy (non-hydrogen) atoms. The van der Waals surface area contributed by atoms with E-state index in [0.29, 0.717) is 0 Å². The van der Waals surface area contributed by atoms with Gasteiger partial charge in [-0.1, -0.05) is 0 Å². The molecule has 4 nitrogen and oxygen atoms in total. The molecule has 0 unspecified atom stereocenters. The van der Waals surface area contributed by atoms with Crippen LogP contribution in [0.15, 0.2) is 12.1 Å². The Morgan fingerprint density at radius 3 is 0.833 bits per heavy atom. The Balaban J connectivity index is 3.71. The van der Waals surface area contributed by atoms with Crippen molar-refractivity contribution in [3.05, 3.63) is 34.4 Å². The summed E-state index contributed by atoms with van der Waals surface area (Å²) in [5, 5.41) is 0. The molecule has 0 saturated heterocycles. The first-order chi connectivity index (χ1) is 8.25. The van der Waals surface area contributed by atoms with E-state index >= 15 is 0 Å². The number of hydrogen-bond donors (Lipinski definition) is 0. The fourth-order valence-corrected chi connectivity index (χ4v) is 2.56. The first kappa shape index (κ1) is 15.9. The van der Waals surface area contributed by atoms with Crippen LogP contribution in [-0.2, 0) is 0 Å². The van der Waals surface area contributed by atoms with E-state index in [1.165, 1.54) is 12.1 Å². The lowest BCUT2D eigenvalue weighted by molar-refractivity contribution is 0.105. The van der Waals surface area contributed by atoms with Crippen molar-refractivity contribution in [2.45, 2.75) is 0 Å². The van der Waals surface area contributed by atoms with Crippen LogP contribution in [0.1, 0.15) is 41.4 Å². The van der Waals surface area contributed by atoms with E-state index in [1.807, 2.05) is 0 Å². The zero-order valence-corrected chi connectivity index (χ0v) is 14.6. The molecular weight excluding hydrogens is 504 g/mol. The highest BCUT2D eigenvalue weighted by Crippen LogP contribution is 2.25. The summed E-state index contributed by atoms with van der Waals surface area (Å²) in [5.74, 6) is 0. The maximum Gasteiger partial charge on any atom is 0.228 e. The molecule has 1 aromatic rings. The number of rotatable bonds is 4. The SMILES string of the molecule is O=C(Br)c1cc(C(=O)Br)c(C(=O)Br)cc1C(=O)Br. The van der Waals surface area contributed by atoms with E-state index in [-0.39, 0.29) is 22.3 Å². The lowest BCUT2D eigenvalue weighted by Crippen LogP contribution is -2.08. The number of carbonyl (C=O) groups excluding carboxylic acids is 4. The summed E-state index contributed by atoms with van der Waals surface area (Å²) < 4.78 is -2.24. The number of carbonyl (C=O) groups is 4. The first-order valence-corrected chi connectivity index (χ1v) is 7.40. The van der Waals surface area contributed by atoms with Gasteiger partial charge in [-0.05, 0) is 75.9 Å². The maximum atomic E-state index is 11.3. The molecular formula is C10H2Br4O4. The van der Waals surface area contributed by atoms with E-state index < -0.39 is 18.8 Å². The van der Waals surface area contributed by atoms with Gasteiger partial charge in [-0.3, -0.25) is 19.2 Å². The molecule has 0 aliphatic carbocycles. The van der Waals surface area contributed by atoms with Crippen molar-refractivity contribution in [2.24, 2.45) is 0 Å². The van der Waals surface area contributed by atoms with Crippen LogP contribution in [0.4, 0.5) is 0 Å². The van der Waals surface area contributed by atoms with Crippen molar-refractivity contribution in [1.82, 2.24) is 0 Å². The maximum absolute atomic E-state index is 11.3. The molecule has 0 spiro atoms. The molecule has 0 atom stereocenters. The zero-order chi connectivity index (χ0) is 14.0. The largest absolute Gasteiger partial charge is 0.281 e. The van der Waals surface area contributed by atoms with Gasteiger partial charge in [-0.15, -0.1) is 0 Å². The second-order valence-corrected chi connectivity index (χ2v) is 5.92. The summed E-state index contributed by atoms with van der Waals surface area (Å²) in [6.45, 7) is 0. The Labute approximate surface area is 135 Å². The van der Waals surface area contributed by atoms with Gasteiger partial charge in [-0.25, -0.2) is 0 Å². The highest BCUT2D eigenvalue weighted by atomic mass is 79.9. The van der Waals surface area contributed by atoms with Crippen LogP contribution >= 0.6 is 63.7 Å². The minimum Gasteiger partial charge on any atom is -0.281 e. The third-order valence-electron chi connectivity index (χ3n) is 2.00. The van der Waals surface area contributed by atoms with Gasteiger partial charge in [0.25, 0.3) is 0 Å². The van der Waals surface area contributed by atoms with Crippen molar-refractivity contribution in [2.75, 3.05) is 0 Å². The van der Waals surface area contributed by atoms with Crippen LogP contribution in [0.25, 0.3) is 0 Å². The van der Waals surface area contributed by atoms with E-state index in [2.05, 4.69) is 63.7 Å². The second kappa shape index (κ2) is 6.31. The number of halogens is 4. The predicted molar refractivity (Wildman–Crippen MR) is 79.5 cm³/mol. The van der Waals surface area contributed by atoms with Gasteiger partial charge in [0.2, 0.25) is 18.8 Å². The quantitative estimate of drug-likeness (QED) is 0.584. The van der Waals surface area contributed by atoms with E-state index in [0.717, 1.165) is 0 Å². The van der Waals surface area contributed by atoms with E-state index in [9.17, 15) is 19.2 Å². The van der Waals surface area contributed by atoms with Crippen molar-refractivity contribution in [3.8, 4) is 0 Å². The molecule has 0 aliphatic heterocycles. The fraction of sp³-hybridized carbons (Fsp3) is 0. The van der Waals surface area contributed by atoms with E-state index in [4.69, 9.17) is 0 Å². The highest BCUT2D eigenvalue weighted by molar-refractivity contribution is 9.19. The summed E-state index contributed by atoms with van der Waals surface area (Å²) in [5.41, 5.74) is -0.0105. The zero-order valence-electron chi connectivity index (χ0n) is 8.30. The summed E-state index contributed by atoms with van der Waals surface area (Å²) in [6.07, 6.45) is 0. The third kappa shape index (κ3) is 3.43. The molecule has 0 saturated carbocycles. The van der Waals surface area contributed by atoms with Crippen LogP contribution in [0.3, 0.4) is 0 Å². The van der Waals surface area contributed by atoms with E-state index in [1.54, 1.807) is 0 Å². The number of hydrogen-bond acceptors (Lipinski definition) is 4. The lowest BCUT2D eigenvalue weighted by atomic mass is 10.0. The molecule has 0 aliphatic rings. The summed E-state index contributed by atoms with van der Waals surface area (Å²) >= 11 is 10.8. The monoisotopic (exact) mass is 502 g/mol. The van der Waals surface area contributed by atoms with Gasteiger partial charge >= 0.3 is 0 Å². The predicted octanol–water partition coefficient (Wildman–Crippen LogP) is 3.83. The first-order valence-electron chi connectivity index (χ1n) is 4.23. The van der Waals surface area contributed by atoms with Crippen LogP contribution in [0, 0.1) is 0 Å². The Bertz CT molecular complexity index is 481. The molecule has 0 radical (unpaired) electrons. The summed E-state index contributed by atoms with van der Waals surface area (Å²) in [4.78, 5) is 45.4. The molecule has 0 amide bonds.